The average Bonchev–Trinajstić information content (AvgIpc) is 3.32. The summed E-state index contributed by atoms with van der Waals surface area (Å²) in [6.45, 7) is 25.1. The number of esters is 5. The summed E-state index contributed by atoms with van der Waals surface area (Å²) >= 11 is 0. The van der Waals surface area contributed by atoms with Crippen LogP contribution in [0.15, 0.2) is 47.6 Å². The maximum absolute atomic E-state index is 11.5. The van der Waals surface area contributed by atoms with Crippen LogP contribution in [0.4, 0.5) is 0 Å². The van der Waals surface area contributed by atoms with Crippen LogP contribution in [-0.4, -0.2) is 62.9 Å². The summed E-state index contributed by atoms with van der Waals surface area (Å²) in [4.78, 5) is 56.3. The summed E-state index contributed by atoms with van der Waals surface area (Å²) in [5.41, 5.74) is 2.60. The van der Waals surface area contributed by atoms with Crippen molar-refractivity contribution in [2.45, 2.75) is 230 Å². The highest BCUT2D eigenvalue weighted by atomic mass is 16.5. The molecule has 394 valence electrons. The van der Waals surface area contributed by atoms with Crippen LogP contribution < -0.4 is 0 Å². The van der Waals surface area contributed by atoms with Crippen LogP contribution >= 0.6 is 0 Å². The maximum Gasteiger partial charge on any atom is 0.331 e. The molecule has 2 unspecified atom stereocenters. The van der Waals surface area contributed by atoms with Crippen LogP contribution in [0.2, 0.25) is 0 Å². The molecule has 0 radical (unpaired) electrons. The van der Waals surface area contributed by atoms with Crippen LogP contribution in [0, 0.1) is 29.6 Å². The third-order valence-corrected chi connectivity index (χ3v) is 12.3. The summed E-state index contributed by atoms with van der Waals surface area (Å²) in [7, 11) is 0. The van der Waals surface area contributed by atoms with Gasteiger partial charge in [0, 0.05) is 24.6 Å². The second-order valence-corrected chi connectivity index (χ2v) is 19.5. The lowest BCUT2D eigenvalue weighted by Gasteiger charge is -2.27. The van der Waals surface area contributed by atoms with Gasteiger partial charge in [-0.3, -0.25) is 9.59 Å². The molecule has 2 saturated carbocycles. The lowest BCUT2D eigenvalue weighted by atomic mass is 9.81. The molecule has 68 heavy (non-hydrogen) atoms. The SMILES string of the molecule is C/C=C/C(=O)OC/C=C(\C)CCC=C(C)C.CC(C)C(=O)OCC(C)C1CCCCC1.CCCCCC(=O)OCC(C)C1CCCCC1.CCCCCCOC(=O)/C=C/C(=O)OCCCCCC. The van der Waals surface area contributed by atoms with Gasteiger partial charge in [-0.25, -0.2) is 14.4 Å². The van der Waals surface area contributed by atoms with Gasteiger partial charge in [0.15, 0.2) is 0 Å². The van der Waals surface area contributed by atoms with Gasteiger partial charge in [-0.05, 0) is 89.5 Å². The molecule has 2 aliphatic rings. The Bertz CT molecular complexity index is 1360. The van der Waals surface area contributed by atoms with E-state index < -0.39 is 11.9 Å². The van der Waals surface area contributed by atoms with E-state index in [1.54, 1.807) is 13.0 Å². The fourth-order valence-electron chi connectivity index (χ4n) is 7.65. The van der Waals surface area contributed by atoms with Gasteiger partial charge in [-0.1, -0.05) is 187 Å². The van der Waals surface area contributed by atoms with Gasteiger partial charge in [0.2, 0.25) is 0 Å². The van der Waals surface area contributed by atoms with Crippen molar-refractivity contribution in [2.24, 2.45) is 29.6 Å². The zero-order chi connectivity index (χ0) is 51.2. The van der Waals surface area contributed by atoms with Gasteiger partial charge in [0.05, 0.1) is 32.3 Å². The molecule has 0 heterocycles. The third kappa shape index (κ3) is 43.6. The van der Waals surface area contributed by atoms with E-state index in [9.17, 15) is 24.0 Å². The predicted molar refractivity (Wildman–Crippen MR) is 280 cm³/mol. The number of carbonyl (C=O) groups excluding carboxylic acids is 5. The molecule has 0 saturated heterocycles. The van der Waals surface area contributed by atoms with Crippen LogP contribution in [-0.2, 0) is 47.7 Å². The molecule has 0 amide bonds. The Morgan fingerprint density at radius 2 is 0.971 bits per heavy atom. The van der Waals surface area contributed by atoms with E-state index in [0.29, 0.717) is 51.3 Å². The summed E-state index contributed by atoms with van der Waals surface area (Å²) in [6, 6.07) is 0. The Kier molecular flexibility index (Phi) is 45.9. The van der Waals surface area contributed by atoms with Gasteiger partial charge in [0.25, 0.3) is 0 Å². The second-order valence-electron chi connectivity index (χ2n) is 19.5. The fraction of sp³-hybridized carbons (Fsp3) is 0.776. The Morgan fingerprint density at radius 1 is 0.515 bits per heavy atom. The van der Waals surface area contributed by atoms with Crippen molar-refractivity contribution in [3.05, 3.63) is 47.6 Å². The average molecular weight is 959 g/mol. The number of ether oxygens (including phenoxy) is 5. The fourth-order valence-corrected chi connectivity index (χ4v) is 7.65. The monoisotopic (exact) mass is 959 g/mol. The smallest absolute Gasteiger partial charge is 0.331 e. The lowest BCUT2D eigenvalue weighted by Crippen LogP contribution is -2.23. The molecule has 2 rings (SSSR count). The number of hydrogen-bond acceptors (Lipinski definition) is 10. The van der Waals surface area contributed by atoms with E-state index in [1.165, 1.54) is 81.4 Å². The minimum absolute atomic E-state index is 0.00103. The van der Waals surface area contributed by atoms with E-state index in [-0.39, 0.29) is 23.8 Å². The Hall–Kier alpha value is -3.69. The molecule has 2 fully saturated rings. The lowest BCUT2D eigenvalue weighted by molar-refractivity contribution is -0.149. The molecule has 0 aromatic heterocycles. The van der Waals surface area contributed by atoms with Crippen molar-refractivity contribution in [2.75, 3.05) is 33.0 Å². The topological polar surface area (TPSA) is 132 Å². The minimum atomic E-state index is -0.482. The number of allylic oxidation sites excluding steroid dienone is 4. The van der Waals surface area contributed by atoms with Crippen molar-refractivity contribution in [1.29, 1.82) is 0 Å². The molecular formula is C58H102O10. The van der Waals surface area contributed by atoms with E-state index in [2.05, 4.69) is 61.5 Å². The highest BCUT2D eigenvalue weighted by Crippen LogP contribution is 2.31. The first-order valence-electron chi connectivity index (χ1n) is 27.0. The highest BCUT2D eigenvalue weighted by Gasteiger charge is 2.22. The first kappa shape index (κ1) is 66.4. The molecule has 10 heteroatoms. The number of carbonyl (C=O) groups is 5. The van der Waals surface area contributed by atoms with E-state index in [1.807, 2.05) is 19.9 Å². The van der Waals surface area contributed by atoms with Gasteiger partial charge >= 0.3 is 29.8 Å². The number of unbranched alkanes of at least 4 members (excludes halogenated alkanes) is 8. The van der Waals surface area contributed by atoms with Crippen LogP contribution in [0.5, 0.6) is 0 Å². The van der Waals surface area contributed by atoms with Gasteiger partial charge < -0.3 is 23.7 Å². The normalized spacial score (nSPS) is 15.1. The van der Waals surface area contributed by atoms with E-state index >= 15 is 0 Å². The molecule has 0 N–H and O–H groups in total. The van der Waals surface area contributed by atoms with Gasteiger partial charge in [-0.15, -0.1) is 0 Å². The molecule has 2 atom stereocenters. The Balaban J connectivity index is 0. The summed E-state index contributed by atoms with van der Waals surface area (Å²) < 4.78 is 25.5. The first-order valence-corrected chi connectivity index (χ1v) is 27.0. The van der Waals surface area contributed by atoms with Crippen LogP contribution in [0.1, 0.15) is 230 Å². The van der Waals surface area contributed by atoms with Crippen molar-refractivity contribution < 1.29 is 47.7 Å². The summed E-state index contributed by atoms with van der Waals surface area (Å²) in [5.74, 6) is 1.34. The quantitative estimate of drug-likeness (QED) is 0.0235. The number of hydrogen-bond donors (Lipinski definition) is 0. The molecule has 0 aromatic carbocycles. The number of rotatable bonds is 29. The van der Waals surface area contributed by atoms with Gasteiger partial charge in [0.1, 0.15) is 6.61 Å². The zero-order valence-electron chi connectivity index (χ0n) is 45.4. The van der Waals surface area contributed by atoms with Crippen LogP contribution in [0.3, 0.4) is 0 Å². The van der Waals surface area contributed by atoms with E-state index in [4.69, 9.17) is 23.7 Å². The standard InChI is InChI=1S/C16H28O4.C15H28O2.C14H22O2.C13H24O2/c1-3-5-7-9-13-19-15(17)11-12-16(18)20-14-10-8-6-4-2;1-3-4-6-11-15(16)17-12-13(2)14-9-7-5-8-10-14;1-5-7-14(15)16-11-10-13(4)9-6-8-12(2)3;1-10(2)13(14)15-9-11(3)12-7-5-4-6-8-12/h11-12H,3-10,13-14H2,1-2H3;13-14H,3-12H2,1-2H3;5,7-8,10H,6,9,11H2,1-4H3;10-12H,4-9H2,1-3H3/b12-11+;;7-5+,13-10+;. The molecule has 0 aliphatic heterocycles. The predicted octanol–water partition coefficient (Wildman–Crippen LogP) is 15.3. The zero-order valence-corrected chi connectivity index (χ0v) is 45.4. The van der Waals surface area contributed by atoms with Crippen molar-refractivity contribution in [3.8, 4) is 0 Å². The maximum atomic E-state index is 11.5. The third-order valence-electron chi connectivity index (χ3n) is 12.3. The van der Waals surface area contributed by atoms with Crippen molar-refractivity contribution >= 4 is 29.8 Å². The highest BCUT2D eigenvalue weighted by molar-refractivity contribution is 5.91. The first-order chi connectivity index (χ1) is 32.6. The van der Waals surface area contributed by atoms with Gasteiger partial charge in [-0.2, -0.15) is 0 Å². The molecule has 0 aromatic rings. The largest absolute Gasteiger partial charge is 0.465 e. The molecule has 0 spiro atoms. The second kappa shape index (κ2) is 47.0. The minimum Gasteiger partial charge on any atom is -0.465 e. The van der Waals surface area contributed by atoms with Crippen molar-refractivity contribution in [3.63, 3.8) is 0 Å². The Morgan fingerprint density at radius 3 is 1.41 bits per heavy atom. The molecule has 10 nitrogen and oxygen atoms in total. The summed E-state index contributed by atoms with van der Waals surface area (Å²) in [5, 5.41) is 0. The van der Waals surface area contributed by atoms with Crippen LogP contribution in [0.25, 0.3) is 0 Å². The van der Waals surface area contributed by atoms with E-state index in [0.717, 1.165) is 107 Å². The summed E-state index contributed by atoms with van der Waals surface area (Å²) in [6.07, 6.45) is 37.4. The molecule has 0 bridgehead atoms. The Labute approximate surface area is 416 Å². The molecule has 2 aliphatic carbocycles. The van der Waals surface area contributed by atoms with Crippen molar-refractivity contribution in [1.82, 2.24) is 0 Å². The molecular weight excluding hydrogens is 857 g/mol.